The van der Waals surface area contributed by atoms with Crippen LogP contribution in [0.25, 0.3) is 32.3 Å². The summed E-state index contributed by atoms with van der Waals surface area (Å²) in [5, 5.41) is 7.59. The number of hydrogen-bond donors (Lipinski definition) is 0. The Labute approximate surface area is 159 Å². The van der Waals surface area contributed by atoms with Crippen LogP contribution in [0.2, 0.25) is 0 Å². The van der Waals surface area contributed by atoms with Crippen LogP contribution in [0.4, 0.5) is 0 Å². The number of rotatable bonds is 1. The van der Waals surface area contributed by atoms with Crippen molar-refractivity contribution in [3.05, 3.63) is 78.8 Å². The summed E-state index contributed by atoms with van der Waals surface area (Å²) in [6, 6.07) is 17.8. The van der Waals surface area contributed by atoms with Crippen LogP contribution in [0, 0.1) is 0 Å². The largest absolute Gasteiger partial charge is 0.632 e. The second-order valence-electron chi connectivity index (χ2n) is 8.43. The van der Waals surface area contributed by atoms with Gasteiger partial charge in [0.05, 0.1) is 0 Å². The third-order valence-electron chi connectivity index (χ3n) is 5.50. The van der Waals surface area contributed by atoms with E-state index in [4.69, 9.17) is 9.31 Å². The second-order valence-corrected chi connectivity index (χ2v) is 8.43. The molecular formula is C24H21BO2. The Morgan fingerprint density at radius 2 is 1.11 bits per heavy atom. The van der Waals surface area contributed by atoms with Crippen molar-refractivity contribution < 1.29 is 9.31 Å². The summed E-state index contributed by atoms with van der Waals surface area (Å²) < 4.78 is 11.4. The van der Waals surface area contributed by atoms with Crippen molar-refractivity contribution in [1.82, 2.24) is 0 Å². The van der Waals surface area contributed by atoms with Gasteiger partial charge in [-0.15, -0.1) is 0 Å². The average Bonchev–Trinajstić information content (AvgIpc) is 2.97. The highest BCUT2D eigenvalue weighted by atomic mass is 16.6. The van der Waals surface area contributed by atoms with Crippen LogP contribution in [-0.2, 0) is 14.7 Å². The molecule has 0 amide bonds. The molecule has 5 rings (SSSR count). The fraction of sp³-hybridized carbons (Fsp3) is 0.167. The van der Waals surface area contributed by atoms with E-state index in [1.807, 2.05) is 0 Å². The third-order valence-corrected chi connectivity index (χ3v) is 5.50. The normalized spacial score (nSPS) is 15.1. The molecule has 0 atom stereocenters. The Bertz CT molecular complexity index is 1160. The van der Waals surface area contributed by atoms with E-state index in [0.717, 1.165) is 5.46 Å². The van der Waals surface area contributed by atoms with Crippen LogP contribution in [0.3, 0.4) is 0 Å². The third kappa shape index (κ3) is 2.42. The molecule has 1 heterocycles. The van der Waals surface area contributed by atoms with Crippen LogP contribution >= 0.6 is 0 Å². The zero-order chi connectivity index (χ0) is 18.9. The molecule has 27 heavy (non-hydrogen) atoms. The standard InChI is InChI=1S/C24H21BO2/c1-14-15(2)27-25(26-14)21-12-18-8-6-16-10-20(24(3,4)5)11-17-7-9-19(13-21)23(18)22(16)17/h6-13H,1-2H2,3-5H3. The van der Waals surface area contributed by atoms with Gasteiger partial charge in [-0.3, -0.25) is 0 Å². The molecule has 1 aliphatic heterocycles. The zero-order valence-electron chi connectivity index (χ0n) is 15.9. The maximum absolute atomic E-state index is 5.72. The summed E-state index contributed by atoms with van der Waals surface area (Å²) in [6.07, 6.45) is 0. The molecule has 0 N–H and O–H groups in total. The van der Waals surface area contributed by atoms with E-state index in [1.54, 1.807) is 0 Å². The Hall–Kier alpha value is -2.94. The van der Waals surface area contributed by atoms with Crippen molar-refractivity contribution in [2.75, 3.05) is 0 Å². The van der Waals surface area contributed by atoms with Crippen molar-refractivity contribution in [1.29, 1.82) is 0 Å². The monoisotopic (exact) mass is 352 g/mol. The minimum Gasteiger partial charge on any atom is -0.520 e. The predicted molar refractivity (Wildman–Crippen MR) is 115 cm³/mol. The van der Waals surface area contributed by atoms with Crippen LogP contribution in [-0.4, -0.2) is 7.12 Å². The predicted octanol–water partition coefficient (Wildman–Crippen LogP) is 5.65. The fourth-order valence-corrected chi connectivity index (χ4v) is 3.98. The summed E-state index contributed by atoms with van der Waals surface area (Å²) in [5.41, 5.74) is 2.47. The smallest absolute Gasteiger partial charge is 0.520 e. The molecule has 0 spiro atoms. The van der Waals surface area contributed by atoms with Gasteiger partial charge in [0.25, 0.3) is 0 Å². The summed E-state index contributed by atoms with van der Waals surface area (Å²) in [6.45, 7) is 14.4. The molecule has 2 nitrogen and oxygen atoms in total. The van der Waals surface area contributed by atoms with Crippen LogP contribution in [0.5, 0.6) is 0 Å². The molecule has 0 bridgehead atoms. The first-order valence-electron chi connectivity index (χ1n) is 9.26. The van der Waals surface area contributed by atoms with E-state index in [0.29, 0.717) is 11.5 Å². The van der Waals surface area contributed by atoms with Gasteiger partial charge >= 0.3 is 7.12 Å². The molecule has 0 radical (unpaired) electrons. The maximum atomic E-state index is 5.72. The SMILES string of the molecule is C=C1OB(c2cc3ccc4cc(C(C)(C)C)cc5ccc(c2)c3c45)OC1=C. The van der Waals surface area contributed by atoms with Gasteiger partial charge in [-0.25, -0.2) is 0 Å². The van der Waals surface area contributed by atoms with Crippen molar-refractivity contribution in [2.45, 2.75) is 26.2 Å². The molecular weight excluding hydrogens is 331 g/mol. The summed E-state index contributed by atoms with van der Waals surface area (Å²) >= 11 is 0. The zero-order valence-corrected chi connectivity index (χ0v) is 15.9. The minimum absolute atomic E-state index is 0.125. The van der Waals surface area contributed by atoms with E-state index < -0.39 is 7.12 Å². The summed E-state index contributed by atoms with van der Waals surface area (Å²) in [7, 11) is -0.473. The Balaban J connectivity index is 1.76. The molecule has 1 aliphatic rings. The van der Waals surface area contributed by atoms with Gasteiger partial charge in [-0.2, -0.15) is 0 Å². The Morgan fingerprint density at radius 3 is 1.52 bits per heavy atom. The van der Waals surface area contributed by atoms with Crippen LogP contribution in [0.1, 0.15) is 26.3 Å². The molecule has 1 fully saturated rings. The van der Waals surface area contributed by atoms with Crippen molar-refractivity contribution >= 4 is 44.9 Å². The van der Waals surface area contributed by atoms with E-state index in [-0.39, 0.29) is 5.41 Å². The molecule has 0 aromatic heterocycles. The lowest BCUT2D eigenvalue weighted by molar-refractivity contribution is 0.431. The van der Waals surface area contributed by atoms with Gasteiger partial charge in [0, 0.05) is 5.46 Å². The number of hydrogen-bond acceptors (Lipinski definition) is 2. The summed E-state index contributed by atoms with van der Waals surface area (Å²) in [4.78, 5) is 0. The topological polar surface area (TPSA) is 18.5 Å². The second kappa shape index (κ2) is 5.29. The Morgan fingerprint density at radius 1 is 0.704 bits per heavy atom. The van der Waals surface area contributed by atoms with Crippen LogP contribution in [0.15, 0.2) is 73.2 Å². The first-order chi connectivity index (χ1) is 12.8. The highest BCUT2D eigenvalue weighted by Crippen LogP contribution is 2.37. The van der Waals surface area contributed by atoms with Gasteiger partial charge in [-0.05, 0) is 43.3 Å². The van der Waals surface area contributed by atoms with E-state index in [1.165, 1.54) is 37.9 Å². The fourth-order valence-electron chi connectivity index (χ4n) is 3.98. The first kappa shape index (κ1) is 16.3. The van der Waals surface area contributed by atoms with E-state index in [2.05, 4.69) is 82.5 Å². The van der Waals surface area contributed by atoms with Gasteiger partial charge < -0.3 is 9.31 Å². The lowest BCUT2D eigenvalue weighted by Gasteiger charge is -2.21. The highest BCUT2D eigenvalue weighted by molar-refractivity contribution is 6.63. The minimum atomic E-state index is -0.473. The molecule has 0 unspecified atom stereocenters. The van der Waals surface area contributed by atoms with Gasteiger partial charge in [-0.1, -0.05) is 82.5 Å². The van der Waals surface area contributed by atoms with Gasteiger partial charge in [0.15, 0.2) is 0 Å². The van der Waals surface area contributed by atoms with E-state index >= 15 is 0 Å². The van der Waals surface area contributed by atoms with E-state index in [9.17, 15) is 0 Å². The summed E-state index contributed by atoms with van der Waals surface area (Å²) in [5.74, 6) is 1.000. The van der Waals surface area contributed by atoms with Crippen molar-refractivity contribution in [3.63, 3.8) is 0 Å². The first-order valence-corrected chi connectivity index (χ1v) is 9.26. The molecule has 0 aliphatic carbocycles. The lowest BCUT2D eigenvalue weighted by atomic mass is 9.76. The molecule has 3 heteroatoms. The molecule has 4 aromatic rings. The van der Waals surface area contributed by atoms with Crippen molar-refractivity contribution in [3.8, 4) is 0 Å². The lowest BCUT2D eigenvalue weighted by Crippen LogP contribution is -2.31. The maximum Gasteiger partial charge on any atom is 0.632 e. The molecule has 132 valence electrons. The van der Waals surface area contributed by atoms with Gasteiger partial charge in [0.2, 0.25) is 0 Å². The van der Waals surface area contributed by atoms with Crippen LogP contribution < -0.4 is 5.46 Å². The molecule has 4 aromatic carbocycles. The van der Waals surface area contributed by atoms with Crippen molar-refractivity contribution in [2.24, 2.45) is 0 Å². The quantitative estimate of drug-likeness (QED) is 0.325. The molecule has 0 saturated carbocycles. The molecule has 1 saturated heterocycles. The number of benzene rings is 4. The van der Waals surface area contributed by atoms with Gasteiger partial charge in [0.1, 0.15) is 11.5 Å². The average molecular weight is 352 g/mol. The highest BCUT2D eigenvalue weighted by Gasteiger charge is 2.35. The Kier molecular flexibility index (Phi) is 3.19.